The predicted molar refractivity (Wildman–Crippen MR) is 76.4 cm³/mol. The molecule has 1 amide bonds. The highest BCUT2D eigenvalue weighted by Gasteiger charge is 2.20. The van der Waals surface area contributed by atoms with Crippen LogP contribution in [0.4, 0.5) is 0 Å². The molecule has 7 heteroatoms. The molecule has 1 aliphatic rings. The number of hydrogen-bond donors (Lipinski definition) is 1. The van der Waals surface area contributed by atoms with E-state index in [1.54, 1.807) is 23.1 Å². The minimum absolute atomic E-state index is 0.0721. The van der Waals surface area contributed by atoms with Crippen molar-refractivity contribution in [3.63, 3.8) is 0 Å². The molecule has 2 aromatic rings. The smallest absolute Gasteiger partial charge is 0.242 e. The average molecular weight is 288 g/mol. The second-order valence-corrected chi connectivity index (χ2v) is 5.43. The molecule has 7 nitrogen and oxygen atoms in total. The van der Waals surface area contributed by atoms with Crippen molar-refractivity contribution in [1.29, 1.82) is 0 Å². The molecule has 3 heterocycles. The Hall–Kier alpha value is -2.18. The van der Waals surface area contributed by atoms with E-state index in [1.807, 2.05) is 6.92 Å². The highest BCUT2D eigenvalue weighted by molar-refractivity contribution is 5.75. The van der Waals surface area contributed by atoms with Crippen LogP contribution in [0.2, 0.25) is 0 Å². The average Bonchev–Trinajstić information content (AvgIpc) is 3.04. The monoisotopic (exact) mass is 288 g/mol. The highest BCUT2D eigenvalue weighted by Crippen LogP contribution is 2.18. The summed E-state index contributed by atoms with van der Waals surface area (Å²) in [4.78, 5) is 12.0. The maximum atomic E-state index is 12.0. The van der Waals surface area contributed by atoms with E-state index in [4.69, 9.17) is 0 Å². The Morgan fingerprint density at radius 2 is 2.29 bits per heavy atom. The number of aryl methyl sites for hydroxylation is 1. The fraction of sp³-hybridized carbons (Fsp3) is 0.571. The van der Waals surface area contributed by atoms with E-state index in [0.29, 0.717) is 0 Å². The van der Waals surface area contributed by atoms with Crippen LogP contribution in [0.5, 0.6) is 0 Å². The topological polar surface area (TPSA) is 77.6 Å². The van der Waals surface area contributed by atoms with Gasteiger partial charge in [-0.2, -0.15) is 5.10 Å². The van der Waals surface area contributed by atoms with Crippen LogP contribution < -0.4 is 5.32 Å². The van der Waals surface area contributed by atoms with Gasteiger partial charge in [0, 0.05) is 25.4 Å². The zero-order valence-electron chi connectivity index (χ0n) is 12.2. The molecule has 0 saturated heterocycles. The summed E-state index contributed by atoms with van der Waals surface area (Å²) in [6, 6.07) is 1.65. The number of nitrogens with one attached hydrogen (secondary N) is 1. The van der Waals surface area contributed by atoms with Crippen LogP contribution in [-0.2, 0) is 24.3 Å². The first-order chi connectivity index (χ1) is 10.2. The third-order valence-corrected chi connectivity index (χ3v) is 3.77. The molecule has 0 fully saturated rings. The summed E-state index contributed by atoms with van der Waals surface area (Å²) < 4.78 is 3.76. The molecule has 3 rings (SSSR count). The second-order valence-electron chi connectivity index (χ2n) is 5.43. The summed E-state index contributed by atoms with van der Waals surface area (Å²) in [7, 11) is 0. The van der Waals surface area contributed by atoms with Gasteiger partial charge in [0.05, 0.1) is 6.04 Å². The van der Waals surface area contributed by atoms with E-state index in [1.165, 1.54) is 6.42 Å². The normalized spacial score (nSPS) is 16.0. The molecule has 1 N–H and O–H groups in total. The third-order valence-electron chi connectivity index (χ3n) is 3.77. The van der Waals surface area contributed by atoms with Crippen molar-refractivity contribution < 1.29 is 4.79 Å². The van der Waals surface area contributed by atoms with E-state index < -0.39 is 0 Å². The van der Waals surface area contributed by atoms with E-state index >= 15 is 0 Å². The molecule has 0 spiro atoms. The van der Waals surface area contributed by atoms with Crippen molar-refractivity contribution in [3.05, 3.63) is 30.1 Å². The number of aromatic nitrogens is 5. The maximum Gasteiger partial charge on any atom is 0.242 e. The molecule has 2 aromatic heterocycles. The van der Waals surface area contributed by atoms with Crippen LogP contribution >= 0.6 is 0 Å². The van der Waals surface area contributed by atoms with Crippen LogP contribution in [0.15, 0.2) is 18.5 Å². The minimum Gasteiger partial charge on any atom is -0.345 e. The Morgan fingerprint density at radius 3 is 3.10 bits per heavy atom. The van der Waals surface area contributed by atoms with Gasteiger partial charge in [-0.25, -0.2) is 0 Å². The largest absolute Gasteiger partial charge is 0.345 e. The molecule has 0 saturated carbocycles. The van der Waals surface area contributed by atoms with Crippen LogP contribution in [0.1, 0.15) is 43.9 Å². The van der Waals surface area contributed by atoms with Gasteiger partial charge in [0.2, 0.25) is 5.91 Å². The van der Waals surface area contributed by atoms with Crippen molar-refractivity contribution >= 4 is 5.91 Å². The summed E-state index contributed by atoms with van der Waals surface area (Å²) in [6.45, 7) is 3.11. The van der Waals surface area contributed by atoms with E-state index in [-0.39, 0.29) is 18.5 Å². The maximum absolute atomic E-state index is 12.0. The first kappa shape index (κ1) is 13.8. The number of fused-ring (bicyclic) bond motifs is 1. The van der Waals surface area contributed by atoms with Gasteiger partial charge >= 0.3 is 0 Å². The van der Waals surface area contributed by atoms with Crippen molar-refractivity contribution in [3.8, 4) is 0 Å². The number of rotatable bonds is 4. The van der Waals surface area contributed by atoms with Crippen LogP contribution in [0.3, 0.4) is 0 Å². The summed E-state index contributed by atoms with van der Waals surface area (Å²) >= 11 is 0. The molecular weight excluding hydrogens is 268 g/mol. The van der Waals surface area contributed by atoms with Gasteiger partial charge in [-0.05, 0) is 25.8 Å². The van der Waals surface area contributed by atoms with Gasteiger partial charge in [0.15, 0.2) is 5.82 Å². The molecule has 0 aliphatic carbocycles. The summed E-state index contributed by atoms with van der Waals surface area (Å²) in [5.74, 6) is 1.81. The zero-order chi connectivity index (χ0) is 14.7. The standard InChI is InChI=1S/C14H20N6O/c1-11(16-13(21)10-19-8-5-7-15-19)14-18-17-12-6-3-2-4-9-20(12)14/h5,7-8,11H,2-4,6,9-10H2,1H3,(H,16,21)/t11-/m1/s1. The highest BCUT2D eigenvalue weighted by atomic mass is 16.2. The SMILES string of the molecule is C[C@@H](NC(=O)Cn1cccn1)c1nnc2n1CCCCC2. The van der Waals surface area contributed by atoms with Gasteiger partial charge in [-0.3, -0.25) is 9.48 Å². The van der Waals surface area contributed by atoms with Crippen molar-refractivity contribution in [2.75, 3.05) is 0 Å². The molecule has 0 unspecified atom stereocenters. The molecule has 0 aromatic carbocycles. The second kappa shape index (κ2) is 6.07. The van der Waals surface area contributed by atoms with Crippen LogP contribution in [0.25, 0.3) is 0 Å². The first-order valence-electron chi connectivity index (χ1n) is 7.43. The van der Waals surface area contributed by atoms with Gasteiger partial charge in [0.1, 0.15) is 12.4 Å². The molecule has 21 heavy (non-hydrogen) atoms. The van der Waals surface area contributed by atoms with Crippen molar-refractivity contribution in [2.45, 2.75) is 51.7 Å². The summed E-state index contributed by atoms with van der Waals surface area (Å²) in [6.07, 6.45) is 7.94. The molecule has 0 radical (unpaired) electrons. The van der Waals surface area contributed by atoms with E-state index in [9.17, 15) is 4.79 Å². The van der Waals surface area contributed by atoms with Crippen LogP contribution in [0, 0.1) is 0 Å². The fourth-order valence-electron chi connectivity index (χ4n) is 2.72. The molecule has 1 atom stereocenters. The number of carbonyl (C=O) groups is 1. The Bertz CT molecular complexity index is 603. The third kappa shape index (κ3) is 3.12. The van der Waals surface area contributed by atoms with Crippen LogP contribution in [-0.4, -0.2) is 30.5 Å². The zero-order valence-corrected chi connectivity index (χ0v) is 12.2. The van der Waals surface area contributed by atoms with Gasteiger partial charge in [-0.1, -0.05) is 6.42 Å². The summed E-state index contributed by atoms with van der Waals surface area (Å²) in [5, 5.41) is 15.5. The van der Waals surface area contributed by atoms with E-state index in [0.717, 1.165) is 37.5 Å². The molecule has 1 aliphatic heterocycles. The lowest BCUT2D eigenvalue weighted by Crippen LogP contribution is -2.32. The van der Waals surface area contributed by atoms with Gasteiger partial charge in [0.25, 0.3) is 0 Å². The molecule has 112 valence electrons. The lowest BCUT2D eigenvalue weighted by atomic mass is 10.2. The Kier molecular flexibility index (Phi) is 3.98. The lowest BCUT2D eigenvalue weighted by Gasteiger charge is -2.15. The number of amides is 1. The Labute approximate surface area is 123 Å². The minimum atomic E-state index is -0.146. The molecular formula is C14H20N6O. The molecule has 0 bridgehead atoms. The van der Waals surface area contributed by atoms with Gasteiger partial charge in [-0.15, -0.1) is 10.2 Å². The van der Waals surface area contributed by atoms with Crippen molar-refractivity contribution in [1.82, 2.24) is 29.9 Å². The fourth-order valence-corrected chi connectivity index (χ4v) is 2.72. The van der Waals surface area contributed by atoms with E-state index in [2.05, 4.69) is 25.2 Å². The Balaban J connectivity index is 1.66. The number of carbonyl (C=O) groups excluding carboxylic acids is 1. The summed E-state index contributed by atoms with van der Waals surface area (Å²) in [5.41, 5.74) is 0. The number of nitrogens with zero attached hydrogens (tertiary/aromatic N) is 5. The number of hydrogen-bond acceptors (Lipinski definition) is 4. The van der Waals surface area contributed by atoms with Gasteiger partial charge < -0.3 is 9.88 Å². The van der Waals surface area contributed by atoms with Crippen molar-refractivity contribution in [2.24, 2.45) is 0 Å². The predicted octanol–water partition coefficient (Wildman–Crippen LogP) is 1.08. The lowest BCUT2D eigenvalue weighted by molar-refractivity contribution is -0.122. The quantitative estimate of drug-likeness (QED) is 0.913. The first-order valence-corrected chi connectivity index (χ1v) is 7.43. The Morgan fingerprint density at radius 1 is 1.38 bits per heavy atom.